The van der Waals surface area contributed by atoms with Crippen LogP contribution < -0.4 is 5.32 Å². The third-order valence-corrected chi connectivity index (χ3v) is 4.64. The Labute approximate surface area is 158 Å². The lowest BCUT2D eigenvalue weighted by Crippen LogP contribution is -2.06. The summed E-state index contributed by atoms with van der Waals surface area (Å²) in [7, 11) is 0. The Balaban J connectivity index is 1.92. The number of hydrogen-bond acceptors (Lipinski definition) is 3. The molecule has 0 spiro atoms. The van der Waals surface area contributed by atoms with Gasteiger partial charge in [-0.3, -0.25) is 0 Å². The number of anilines is 2. The first-order valence-corrected chi connectivity index (χ1v) is 8.99. The molecule has 3 nitrogen and oxygen atoms in total. The Morgan fingerprint density at radius 1 is 1.19 bits per heavy atom. The highest BCUT2D eigenvalue weighted by atomic mass is 79.9. The zero-order valence-corrected chi connectivity index (χ0v) is 15.9. The molecule has 1 N–H and O–H groups in total. The van der Waals surface area contributed by atoms with Gasteiger partial charge >= 0.3 is 6.18 Å². The molecule has 1 unspecified atom stereocenters. The fourth-order valence-electron chi connectivity index (χ4n) is 2.84. The van der Waals surface area contributed by atoms with E-state index in [-0.39, 0.29) is 12.0 Å². The van der Waals surface area contributed by atoms with E-state index in [1.807, 2.05) is 32.0 Å². The van der Waals surface area contributed by atoms with E-state index in [1.165, 1.54) is 6.07 Å². The normalized spacial score (nSPS) is 17.2. The molecule has 0 aliphatic carbocycles. The summed E-state index contributed by atoms with van der Waals surface area (Å²) in [6, 6.07) is 11.1. The molecular weight excluding hydrogens is 409 g/mol. The van der Waals surface area contributed by atoms with Gasteiger partial charge in [-0.05, 0) is 57.2 Å². The van der Waals surface area contributed by atoms with Crippen molar-refractivity contribution < 1.29 is 18.0 Å². The van der Waals surface area contributed by atoms with Crippen molar-refractivity contribution in [3.63, 3.8) is 0 Å². The molecular formula is C19H18BrF3N2O. The molecule has 2 aromatic rings. The molecule has 0 aromatic heterocycles. The van der Waals surface area contributed by atoms with E-state index in [1.54, 1.807) is 6.07 Å². The summed E-state index contributed by atoms with van der Waals surface area (Å²) in [5.41, 5.74) is 2.42. The topological polar surface area (TPSA) is 33.6 Å². The minimum absolute atomic E-state index is 0.201. The van der Waals surface area contributed by atoms with Crippen LogP contribution in [0.2, 0.25) is 0 Å². The lowest BCUT2D eigenvalue weighted by atomic mass is 9.96. The molecule has 2 aromatic carbocycles. The van der Waals surface area contributed by atoms with E-state index in [0.717, 1.165) is 33.6 Å². The lowest BCUT2D eigenvalue weighted by Gasteiger charge is -2.18. The van der Waals surface area contributed by atoms with Crippen molar-refractivity contribution in [1.82, 2.24) is 0 Å². The SMILES string of the molecule is CC(C)c1ccc(C2CC(Br)=NO2)cc1Nc1cccc(C(F)(F)F)c1. The lowest BCUT2D eigenvalue weighted by molar-refractivity contribution is -0.137. The predicted molar refractivity (Wildman–Crippen MR) is 100 cm³/mol. The summed E-state index contributed by atoms with van der Waals surface area (Å²) in [5, 5.41) is 7.03. The van der Waals surface area contributed by atoms with Crippen molar-refractivity contribution in [2.24, 2.45) is 5.16 Å². The van der Waals surface area contributed by atoms with Crippen LogP contribution in [0.3, 0.4) is 0 Å². The van der Waals surface area contributed by atoms with E-state index >= 15 is 0 Å². The monoisotopic (exact) mass is 426 g/mol. The summed E-state index contributed by atoms with van der Waals surface area (Å²) >= 11 is 3.32. The van der Waals surface area contributed by atoms with Crippen molar-refractivity contribution in [2.45, 2.75) is 38.5 Å². The maximum absolute atomic E-state index is 13.0. The van der Waals surface area contributed by atoms with Gasteiger partial charge in [0.1, 0.15) is 4.62 Å². The van der Waals surface area contributed by atoms with E-state index in [4.69, 9.17) is 4.84 Å². The Bertz CT molecular complexity index is 834. The van der Waals surface area contributed by atoms with E-state index in [2.05, 4.69) is 26.4 Å². The molecule has 0 amide bonds. The molecule has 7 heteroatoms. The van der Waals surface area contributed by atoms with Gasteiger partial charge in [0.25, 0.3) is 0 Å². The zero-order chi connectivity index (χ0) is 18.9. The molecule has 26 heavy (non-hydrogen) atoms. The van der Waals surface area contributed by atoms with Crippen molar-refractivity contribution in [3.05, 3.63) is 59.2 Å². The first-order valence-electron chi connectivity index (χ1n) is 8.20. The summed E-state index contributed by atoms with van der Waals surface area (Å²) in [6.45, 7) is 4.08. The summed E-state index contributed by atoms with van der Waals surface area (Å²) in [4.78, 5) is 5.39. The van der Waals surface area contributed by atoms with Crippen LogP contribution in [-0.4, -0.2) is 4.62 Å². The summed E-state index contributed by atoms with van der Waals surface area (Å²) < 4.78 is 39.6. The third-order valence-electron chi connectivity index (χ3n) is 4.17. The Morgan fingerprint density at radius 3 is 2.58 bits per heavy atom. The number of rotatable bonds is 4. The highest BCUT2D eigenvalue weighted by Crippen LogP contribution is 2.36. The highest BCUT2D eigenvalue weighted by molar-refractivity contribution is 9.18. The Hall–Kier alpha value is -2.02. The van der Waals surface area contributed by atoms with Crippen LogP contribution in [0.4, 0.5) is 24.5 Å². The van der Waals surface area contributed by atoms with Crippen LogP contribution in [0.15, 0.2) is 47.6 Å². The first-order chi connectivity index (χ1) is 12.2. The van der Waals surface area contributed by atoms with Crippen molar-refractivity contribution in [2.75, 3.05) is 5.32 Å². The van der Waals surface area contributed by atoms with Crippen molar-refractivity contribution in [3.8, 4) is 0 Å². The van der Waals surface area contributed by atoms with Gasteiger partial charge in [-0.15, -0.1) is 0 Å². The van der Waals surface area contributed by atoms with Gasteiger partial charge in [-0.25, -0.2) is 0 Å². The molecule has 0 bridgehead atoms. The molecule has 1 aliphatic rings. The van der Waals surface area contributed by atoms with E-state index in [9.17, 15) is 13.2 Å². The van der Waals surface area contributed by atoms with Crippen LogP contribution in [-0.2, 0) is 11.0 Å². The molecule has 0 fully saturated rings. The van der Waals surface area contributed by atoms with Crippen molar-refractivity contribution >= 4 is 31.9 Å². The van der Waals surface area contributed by atoms with Gasteiger partial charge in [0, 0.05) is 17.8 Å². The minimum atomic E-state index is -4.37. The number of oxime groups is 1. The fourth-order valence-corrected chi connectivity index (χ4v) is 3.22. The Morgan fingerprint density at radius 2 is 1.96 bits per heavy atom. The Kier molecular flexibility index (Phi) is 5.27. The standard InChI is InChI=1S/C19H18BrF3N2O/c1-11(2)15-7-6-12(17-10-18(20)25-26-17)8-16(15)24-14-5-3-4-13(9-14)19(21,22)23/h3-9,11,17,24H,10H2,1-2H3. The third kappa shape index (κ3) is 4.20. The second-order valence-electron chi connectivity index (χ2n) is 6.47. The number of nitrogens with one attached hydrogen (secondary N) is 1. The largest absolute Gasteiger partial charge is 0.416 e. The zero-order valence-electron chi connectivity index (χ0n) is 14.3. The molecule has 1 heterocycles. The maximum atomic E-state index is 13.0. The van der Waals surface area contributed by atoms with E-state index < -0.39 is 11.7 Å². The van der Waals surface area contributed by atoms with Gasteiger partial charge in [0.15, 0.2) is 6.10 Å². The second-order valence-corrected chi connectivity index (χ2v) is 7.39. The number of halogens is 4. The summed E-state index contributed by atoms with van der Waals surface area (Å²) in [5.74, 6) is 0.213. The predicted octanol–water partition coefficient (Wildman–Crippen LogP) is 6.74. The second kappa shape index (κ2) is 7.31. The molecule has 0 saturated heterocycles. The van der Waals surface area contributed by atoms with Crippen LogP contribution in [0.1, 0.15) is 49.0 Å². The molecule has 1 aliphatic heterocycles. The van der Waals surface area contributed by atoms with Gasteiger partial charge in [0.05, 0.1) is 5.56 Å². The van der Waals surface area contributed by atoms with Crippen LogP contribution >= 0.6 is 15.9 Å². The van der Waals surface area contributed by atoms with Crippen LogP contribution in [0.5, 0.6) is 0 Å². The average molecular weight is 427 g/mol. The number of nitrogens with zero attached hydrogens (tertiary/aromatic N) is 1. The van der Waals surface area contributed by atoms with Gasteiger partial charge in [-0.2, -0.15) is 13.2 Å². The van der Waals surface area contributed by atoms with Gasteiger partial charge in [0.2, 0.25) is 0 Å². The first kappa shape index (κ1) is 18.8. The number of alkyl halides is 3. The maximum Gasteiger partial charge on any atom is 0.416 e. The van der Waals surface area contributed by atoms with Gasteiger partial charge in [-0.1, -0.05) is 37.2 Å². The molecule has 138 valence electrons. The average Bonchev–Trinajstić information content (AvgIpc) is 3.00. The molecule has 1 atom stereocenters. The minimum Gasteiger partial charge on any atom is -0.386 e. The van der Waals surface area contributed by atoms with Crippen molar-refractivity contribution in [1.29, 1.82) is 0 Å². The molecule has 3 rings (SSSR count). The molecule has 0 radical (unpaired) electrons. The number of hydrogen-bond donors (Lipinski definition) is 1. The van der Waals surface area contributed by atoms with Crippen LogP contribution in [0.25, 0.3) is 0 Å². The van der Waals surface area contributed by atoms with Gasteiger partial charge < -0.3 is 10.2 Å². The summed E-state index contributed by atoms with van der Waals surface area (Å²) in [6.07, 6.45) is -3.95. The number of benzene rings is 2. The van der Waals surface area contributed by atoms with Crippen LogP contribution in [0, 0.1) is 0 Å². The smallest absolute Gasteiger partial charge is 0.386 e. The molecule has 0 saturated carbocycles. The fraction of sp³-hybridized carbons (Fsp3) is 0.316. The highest BCUT2D eigenvalue weighted by Gasteiger charge is 2.30. The quantitative estimate of drug-likeness (QED) is 0.586. The van der Waals surface area contributed by atoms with E-state index in [0.29, 0.717) is 12.1 Å².